The quantitative estimate of drug-likeness (QED) is 0.805. The zero-order chi connectivity index (χ0) is 10.7. The van der Waals surface area contributed by atoms with Crippen LogP contribution < -0.4 is 4.90 Å². The summed E-state index contributed by atoms with van der Waals surface area (Å²) in [4.78, 5) is 6.63. The van der Waals surface area contributed by atoms with Crippen LogP contribution in [-0.4, -0.2) is 23.2 Å². The average molecular weight is 206 g/mol. The SMILES string of the molecule is CC(O)c1ccc(N2CCCCC2)cn1. The molecule has 0 bridgehead atoms. The van der Waals surface area contributed by atoms with Crippen LogP contribution in [0.3, 0.4) is 0 Å². The maximum atomic E-state index is 9.35. The molecule has 0 aliphatic carbocycles. The average Bonchev–Trinajstić information content (AvgIpc) is 2.30. The molecule has 1 aromatic rings. The van der Waals surface area contributed by atoms with Crippen molar-refractivity contribution >= 4 is 5.69 Å². The van der Waals surface area contributed by atoms with Crippen molar-refractivity contribution in [3.8, 4) is 0 Å². The minimum absolute atomic E-state index is 0.472. The first-order valence-electron chi connectivity index (χ1n) is 5.66. The van der Waals surface area contributed by atoms with E-state index in [1.54, 1.807) is 6.92 Å². The minimum Gasteiger partial charge on any atom is -0.387 e. The predicted octanol–water partition coefficient (Wildman–Crippen LogP) is 2.13. The molecule has 0 spiro atoms. The molecule has 1 saturated heterocycles. The summed E-state index contributed by atoms with van der Waals surface area (Å²) < 4.78 is 0. The number of nitrogens with zero attached hydrogens (tertiary/aromatic N) is 2. The highest BCUT2D eigenvalue weighted by molar-refractivity contribution is 5.44. The molecule has 3 heteroatoms. The Hall–Kier alpha value is -1.09. The first-order valence-corrected chi connectivity index (χ1v) is 5.66. The van der Waals surface area contributed by atoms with Gasteiger partial charge in [0.15, 0.2) is 0 Å². The highest BCUT2D eigenvalue weighted by atomic mass is 16.3. The van der Waals surface area contributed by atoms with Crippen molar-refractivity contribution in [1.82, 2.24) is 4.98 Å². The lowest BCUT2D eigenvalue weighted by molar-refractivity contribution is 0.194. The van der Waals surface area contributed by atoms with Gasteiger partial charge in [-0.3, -0.25) is 4.98 Å². The van der Waals surface area contributed by atoms with Crippen LogP contribution in [0, 0.1) is 0 Å². The third-order valence-electron chi connectivity index (χ3n) is 2.92. The number of anilines is 1. The summed E-state index contributed by atoms with van der Waals surface area (Å²) in [6.45, 7) is 4.01. The first kappa shape index (κ1) is 10.4. The van der Waals surface area contributed by atoms with Gasteiger partial charge in [-0.2, -0.15) is 0 Å². The van der Waals surface area contributed by atoms with Crippen molar-refractivity contribution in [2.45, 2.75) is 32.3 Å². The van der Waals surface area contributed by atoms with Crippen LogP contribution in [0.4, 0.5) is 5.69 Å². The molecule has 1 N–H and O–H groups in total. The largest absolute Gasteiger partial charge is 0.387 e. The van der Waals surface area contributed by atoms with Gasteiger partial charge in [-0.1, -0.05) is 0 Å². The van der Waals surface area contributed by atoms with Gasteiger partial charge in [0.25, 0.3) is 0 Å². The number of aromatic nitrogens is 1. The summed E-state index contributed by atoms with van der Waals surface area (Å²) in [5.41, 5.74) is 1.93. The van der Waals surface area contributed by atoms with Gasteiger partial charge in [0.05, 0.1) is 23.7 Å². The fraction of sp³-hybridized carbons (Fsp3) is 0.583. The molecule has 2 heterocycles. The highest BCUT2D eigenvalue weighted by Gasteiger charge is 2.11. The summed E-state index contributed by atoms with van der Waals surface area (Å²) in [5, 5.41) is 9.35. The van der Waals surface area contributed by atoms with E-state index in [-0.39, 0.29) is 0 Å². The van der Waals surface area contributed by atoms with Crippen molar-refractivity contribution in [1.29, 1.82) is 0 Å². The van der Waals surface area contributed by atoms with Crippen LogP contribution in [0.15, 0.2) is 18.3 Å². The van der Waals surface area contributed by atoms with Crippen LogP contribution in [-0.2, 0) is 0 Å². The Labute approximate surface area is 90.8 Å². The van der Waals surface area contributed by atoms with E-state index in [2.05, 4.69) is 16.0 Å². The molecule has 1 aliphatic rings. The van der Waals surface area contributed by atoms with E-state index in [1.807, 2.05) is 12.3 Å². The van der Waals surface area contributed by atoms with Crippen LogP contribution in [0.1, 0.15) is 38.0 Å². The van der Waals surface area contributed by atoms with E-state index in [4.69, 9.17) is 0 Å². The predicted molar refractivity (Wildman–Crippen MR) is 60.9 cm³/mol. The lowest BCUT2D eigenvalue weighted by atomic mass is 10.1. The third kappa shape index (κ3) is 2.48. The summed E-state index contributed by atoms with van der Waals surface area (Å²) in [7, 11) is 0. The second-order valence-electron chi connectivity index (χ2n) is 4.16. The number of piperidine rings is 1. The topological polar surface area (TPSA) is 36.4 Å². The zero-order valence-electron chi connectivity index (χ0n) is 9.19. The molecule has 1 fully saturated rings. The minimum atomic E-state index is -0.472. The molecule has 1 unspecified atom stereocenters. The smallest absolute Gasteiger partial charge is 0.0931 e. The summed E-state index contributed by atoms with van der Waals surface area (Å²) in [6.07, 6.45) is 5.29. The van der Waals surface area contributed by atoms with Crippen molar-refractivity contribution < 1.29 is 5.11 Å². The number of aliphatic hydroxyl groups excluding tert-OH is 1. The van der Waals surface area contributed by atoms with Gasteiger partial charge in [0, 0.05) is 13.1 Å². The summed E-state index contributed by atoms with van der Waals surface area (Å²) in [5.74, 6) is 0. The molecular formula is C12H18N2O. The normalized spacial score (nSPS) is 18.9. The molecule has 82 valence electrons. The van der Waals surface area contributed by atoms with Crippen LogP contribution in [0.2, 0.25) is 0 Å². The molecule has 15 heavy (non-hydrogen) atoms. The van der Waals surface area contributed by atoms with Gasteiger partial charge in [0.1, 0.15) is 0 Å². The summed E-state index contributed by atoms with van der Waals surface area (Å²) >= 11 is 0. The van der Waals surface area contributed by atoms with Crippen molar-refractivity contribution in [3.05, 3.63) is 24.0 Å². The maximum absolute atomic E-state index is 9.35. The monoisotopic (exact) mass is 206 g/mol. The van der Waals surface area contributed by atoms with E-state index >= 15 is 0 Å². The van der Waals surface area contributed by atoms with Crippen molar-refractivity contribution in [3.63, 3.8) is 0 Å². The van der Waals surface area contributed by atoms with E-state index in [1.165, 1.54) is 24.9 Å². The highest BCUT2D eigenvalue weighted by Crippen LogP contribution is 2.20. The lowest BCUT2D eigenvalue weighted by Crippen LogP contribution is -2.29. The van der Waals surface area contributed by atoms with Crippen molar-refractivity contribution in [2.24, 2.45) is 0 Å². The van der Waals surface area contributed by atoms with Gasteiger partial charge >= 0.3 is 0 Å². The van der Waals surface area contributed by atoms with E-state index < -0.39 is 6.10 Å². The van der Waals surface area contributed by atoms with Gasteiger partial charge in [0.2, 0.25) is 0 Å². The Kier molecular flexibility index (Phi) is 3.21. The number of pyridine rings is 1. The van der Waals surface area contributed by atoms with E-state index in [9.17, 15) is 5.11 Å². The maximum Gasteiger partial charge on any atom is 0.0931 e. The Balaban J connectivity index is 2.08. The molecular weight excluding hydrogens is 188 g/mol. The van der Waals surface area contributed by atoms with Crippen LogP contribution in [0.25, 0.3) is 0 Å². The van der Waals surface area contributed by atoms with Gasteiger partial charge in [-0.15, -0.1) is 0 Å². The van der Waals surface area contributed by atoms with Gasteiger partial charge in [-0.25, -0.2) is 0 Å². The number of rotatable bonds is 2. The summed E-state index contributed by atoms with van der Waals surface area (Å²) in [6, 6.07) is 3.97. The molecule has 1 atom stereocenters. The van der Waals surface area contributed by atoms with E-state index in [0.717, 1.165) is 18.8 Å². The van der Waals surface area contributed by atoms with Crippen molar-refractivity contribution in [2.75, 3.05) is 18.0 Å². The van der Waals surface area contributed by atoms with Crippen LogP contribution >= 0.6 is 0 Å². The first-order chi connectivity index (χ1) is 7.27. The molecule has 0 radical (unpaired) electrons. The third-order valence-corrected chi connectivity index (χ3v) is 2.92. The molecule has 0 aromatic carbocycles. The molecule has 2 rings (SSSR count). The Morgan fingerprint density at radius 1 is 1.27 bits per heavy atom. The molecule has 1 aliphatic heterocycles. The second kappa shape index (κ2) is 4.62. The van der Waals surface area contributed by atoms with E-state index in [0.29, 0.717) is 0 Å². The fourth-order valence-corrected chi connectivity index (χ4v) is 1.98. The number of hydrogen-bond acceptors (Lipinski definition) is 3. The Morgan fingerprint density at radius 3 is 2.53 bits per heavy atom. The van der Waals surface area contributed by atoms with Gasteiger partial charge in [-0.05, 0) is 38.3 Å². The Morgan fingerprint density at radius 2 is 2.00 bits per heavy atom. The second-order valence-corrected chi connectivity index (χ2v) is 4.16. The van der Waals surface area contributed by atoms with Gasteiger partial charge < -0.3 is 10.0 Å². The fourth-order valence-electron chi connectivity index (χ4n) is 1.98. The van der Waals surface area contributed by atoms with Crippen LogP contribution in [0.5, 0.6) is 0 Å². The molecule has 0 amide bonds. The molecule has 1 aromatic heterocycles. The number of aliphatic hydroxyl groups is 1. The molecule has 0 saturated carbocycles. The standard InChI is InChI=1S/C12H18N2O/c1-10(15)12-6-5-11(9-13-12)14-7-3-2-4-8-14/h5-6,9-10,15H,2-4,7-8H2,1H3. The lowest BCUT2D eigenvalue weighted by Gasteiger charge is -2.28. The molecule has 3 nitrogen and oxygen atoms in total. The number of hydrogen-bond donors (Lipinski definition) is 1. The Bertz CT molecular complexity index is 302. The zero-order valence-corrected chi connectivity index (χ0v) is 9.19.